The van der Waals surface area contributed by atoms with Gasteiger partial charge in [-0.2, -0.15) is 0 Å². The highest BCUT2D eigenvalue weighted by atomic mass is 79.9. The topological polar surface area (TPSA) is 63.2 Å². The minimum atomic E-state index is -0.281. The Morgan fingerprint density at radius 2 is 1.31 bits per heavy atom. The van der Waals surface area contributed by atoms with Crippen LogP contribution in [0.5, 0.6) is 28.7 Å². The molecular weight excluding hydrogens is 472 g/mol. The van der Waals surface area contributed by atoms with Crippen LogP contribution >= 0.6 is 31.9 Å². The van der Waals surface area contributed by atoms with Crippen LogP contribution in [0.4, 0.5) is 0 Å². The third kappa shape index (κ3) is 3.48. The average molecular weight is 490 g/mol. The Balaban J connectivity index is 2.71. The smallest absolute Gasteiger partial charge is 0.205 e. The molecule has 26 heavy (non-hydrogen) atoms. The van der Waals surface area contributed by atoms with Crippen LogP contribution in [0, 0.1) is 0 Å². The molecule has 0 radical (unpaired) electrons. The molecule has 0 saturated heterocycles. The van der Waals surface area contributed by atoms with E-state index in [0.29, 0.717) is 43.1 Å². The minimum absolute atomic E-state index is 0.263. The molecule has 6 nitrogen and oxygen atoms in total. The van der Waals surface area contributed by atoms with Gasteiger partial charge in [-0.15, -0.1) is 0 Å². The molecule has 140 valence electrons. The number of carbonyl (C=O) groups excluding carboxylic acids is 1. The molecule has 2 rings (SSSR count). The summed E-state index contributed by atoms with van der Waals surface area (Å²) in [7, 11) is 7.48. The van der Waals surface area contributed by atoms with Gasteiger partial charge in [-0.25, -0.2) is 0 Å². The summed E-state index contributed by atoms with van der Waals surface area (Å²) in [5.74, 6) is 1.70. The van der Waals surface area contributed by atoms with Gasteiger partial charge in [0.2, 0.25) is 5.75 Å². The highest BCUT2D eigenvalue weighted by molar-refractivity contribution is 9.13. The van der Waals surface area contributed by atoms with Crippen molar-refractivity contribution in [2.45, 2.75) is 0 Å². The molecule has 0 aromatic heterocycles. The molecule has 0 aliphatic heterocycles. The highest BCUT2D eigenvalue weighted by Gasteiger charge is 2.29. The fourth-order valence-corrected chi connectivity index (χ4v) is 3.59. The van der Waals surface area contributed by atoms with Crippen molar-refractivity contribution in [3.63, 3.8) is 0 Å². The number of hydrogen-bond acceptors (Lipinski definition) is 6. The molecule has 0 bridgehead atoms. The monoisotopic (exact) mass is 488 g/mol. The van der Waals surface area contributed by atoms with E-state index in [9.17, 15) is 4.79 Å². The summed E-state index contributed by atoms with van der Waals surface area (Å²) < 4.78 is 27.8. The van der Waals surface area contributed by atoms with Gasteiger partial charge in [0, 0.05) is 5.56 Å². The largest absolute Gasteiger partial charge is 0.493 e. The Morgan fingerprint density at radius 3 is 1.81 bits per heavy atom. The van der Waals surface area contributed by atoms with Crippen molar-refractivity contribution in [3.05, 3.63) is 38.3 Å². The molecule has 8 heteroatoms. The number of carbonyl (C=O) groups is 1. The second kappa shape index (κ2) is 8.64. The Kier molecular flexibility index (Phi) is 6.77. The van der Waals surface area contributed by atoms with E-state index >= 15 is 0 Å². The number of halogens is 2. The molecular formula is C18H18Br2O6. The highest BCUT2D eigenvalue weighted by Crippen LogP contribution is 2.50. The van der Waals surface area contributed by atoms with Crippen molar-refractivity contribution >= 4 is 37.6 Å². The van der Waals surface area contributed by atoms with Crippen molar-refractivity contribution in [3.8, 4) is 28.7 Å². The molecule has 0 N–H and O–H groups in total. The summed E-state index contributed by atoms with van der Waals surface area (Å²) in [5, 5.41) is 0. The van der Waals surface area contributed by atoms with Crippen LogP contribution in [0.1, 0.15) is 15.9 Å². The molecule has 0 amide bonds. The third-order valence-electron chi connectivity index (χ3n) is 3.74. The van der Waals surface area contributed by atoms with Crippen molar-refractivity contribution in [1.82, 2.24) is 0 Å². The number of rotatable bonds is 7. The normalized spacial score (nSPS) is 10.3. The minimum Gasteiger partial charge on any atom is -0.493 e. The summed E-state index contributed by atoms with van der Waals surface area (Å²) in [5.41, 5.74) is 0.699. The fraction of sp³-hybridized carbons (Fsp3) is 0.278. The third-order valence-corrected chi connectivity index (χ3v) is 5.82. The Bertz CT molecular complexity index is 835. The summed E-state index contributed by atoms with van der Waals surface area (Å²) >= 11 is 6.88. The van der Waals surface area contributed by atoms with E-state index in [-0.39, 0.29) is 11.5 Å². The Hall–Kier alpha value is -1.93. The van der Waals surface area contributed by atoms with Crippen molar-refractivity contribution < 1.29 is 28.5 Å². The summed E-state index contributed by atoms with van der Waals surface area (Å²) in [4.78, 5) is 13.2. The second-order valence-corrected chi connectivity index (χ2v) is 6.59. The van der Waals surface area contributed by atoms with Gasteiger partial charge in [-0.1, -0.05) is 0 Å². The average Bonchev–Trinajstić information content (AvgIpc) is 2.68. The van der Waals surface area contributed by atoms with Crippen molar-refractivity contribution in [2.75, 3.05) is 35.5 Å². The first-order chi connectivity index (χ1) is 12.4. The molecule has 0 atom stereocenters. The maximum atomic E-state index is 13.2. The van der Waals surface area contributed by atoms with Crippen LogP contribution in [0.15, 0.2) is 27.1 Å². The van der Waals surface area contributed by atoms with Crippen LogP contribution in [0.25, 0.3) is 0 Å². The molecule has 0 fully saturated rings. The Morgan fingerprint density at radius 1 is 0.731 bits per heavy atom. The standard InChI is InChI=1S/C18H18Br2O6/c1-22-10-7-6-9(8-11(10)23-2)15(21)12-13(19)14(20)17(25-4)18(26-5)16(12)24-3/h6-8H,1-5H3. The molecule has 0 unspecified atom stereocenters. The van der Waals surface area contributed by atoms with Crippen LogP contribution in [0.2, 0.25) is 0 Å². The first kappa shape index (κ1) is 20.4. The van der Waals surface area contributed by atoms with Crippen LogP contribution in [-0.4, -0.2) is 41.3 Å². The van der Waals surface area contributed by atoms with Gasteiger partial charge < -0.3 is 23.7 Å². The first-order valence-electron chi connectivity index (χ1n) is 7.38. The summed E-state index contributed by atoms with van der Waals surface area (Å²) in [6, 6.07) is 4.93. The number of hydrogen-bond donors (Lipinski definition) is 0. The zero-order valence-corrected chi connectivity index (χ0v) is 18.1. The van der Waals surface area contributed by atoms with E-state index in [2.05, 4.69) is 31.9 Å². The maximum absolute atomic E-state index is 13.2. The van der Waals surface area contributed by atoms with E-state index in [4.69, 9.17) is 23.7 Å². The molecule has 2 aromatic carbocycles. The predicted octanol–water partition coefficient (Wildman–Crippen LogP) is 4.49. The van der Waals surface area contributed by atoms with E-state index in [1.807, 2.05) is 0 Å². The lowest BCUT2D eigenvalue weighted by molar-refractivity contribution is 0.103. The lowest BCUT2D eigenvalue weighted by Gasteiger charge is -2.19. The number of ketones is 1. The van der Waals surface area contributed by atoms with Crippen LogP contribution in [0.3, 0.4) is 0 Å². The van der Waals surface area contributed by atoms with Gasteiger partial charge >= 0.3 is 0 Å². The van der Waals surface area contributed by atoms with Crippen LogP contribution in [-0.2, 0) is 0 Å². The van der Waals surface area contributed by atoms with Gasteiger partial charge in [0.25, 0.3) is 0 Å². The van der Waals surface area contributed by atoms with E-state index in [1.54, 1.807) is 18.2 Å². The fourth-order valence-electron chi connectivity index (χ4n) is 2.51. The maximum Gasteiger partial charge on any atom is 0.205 e. The summed E-state index contributed by atoms with van der Waals surface area (Å²) in [6.07, 6.45) is 0. The summed E-state index contributed by atoms with van der Waals surface area (Å²) in [6.45, 7) is 0. The molecule has 0 aliphatic carbocycles. The SMILES string of the molecule is COc1ccc(C(=O)c2c(Br)c(Br)c(OC)c(OC)c2OC)cc1OC. The molecule has 0 aliphatic rings. The van der Waals surface area contributed by atoms with E-state index < -0.39 is 0 Å². The molecule has 2 aromatic rings. The quantitative estimate of drug-likeness (QED) is 0.534. The zero-order valence-electron chi connectivity index (χ0n) is 14.9. The van der Waals surface area contributed by atoms with E-state index in [1.165, 1.54) is 35.5 Å². The molecule has 0 heterocycles. The zero-order chi connectivity index (χ0) is 19.4. The van der Waals surface area contributed by atoms with Crippen LogP contribution < -0.4 is 23.7 Å². The van der Waals surface area contributed by atoms with Gasteiger partial charge in [0.15, 0.2) is 28.8 Å². The van der Waals surface area contributed by atoms with Crippen molar-refractivity contribution in [1.29, 1.82) is 0 Å². The number of benzene rings is 2. The number of ether oxygens (including phenoxy) is 5. The Labute approximate surface area is 168 Å². The van der Waals surface area contributed by atoms with Gasteiger partial charge in [0.1, 0.15) is 0 Å². The van der Waals surface area contributed by atoms with Gasteiger partial charge in [-0.05, 0) is 50.1 Å². The van der Waals surface area contributed by atoms with Gasteiger partial charge in [-0.3, -0.25) is 4.79 Å². The second-order valence-electron chi connectivity index (χ2n) is 5.00. The number of methoxy groups -OCH3 is 5. The predicted molar refractivity (Wildman–Crippen MR) is 104 cm³/mol. The lowest BCUT2D eigenvalue weighted by Crippen LogP contribution is -2.09. The van der Waals surface area contributed by atoms with E-state index in [0.717, 1.165) is 0 Å². The van der Waals surface area contributed by atoms with Crippen molar-refractivity contribution in [2.24, 2.45) is 0 Å². The first-order valence-corrected chi connectivity index (χ1v) is 8.97. The van der Waals surface area contributed by atoms with Gasteiger partial charge in [0.05, 0.1) is 50.1 Å². The molecule has 0 spiro atoms. The lowest BCUT2D eigenvalue weighted by atomic mass is 10.0. The molecule has 0 saturated carbocycles.